The normalized spacial score (nSPS) is 16.1. The number of aromatic nitrogens is 2. The highest BCUT2D eigenvalue weighted by Gasteiger charge is 2.29. The van der Waals surface area contributed by atoms with Crippen LogP contribution in [0, 0.1) is 6.20 Å². The first kappa shape index (κ1) is 7.34. The maximum atomic E-state index is 10.7. The van der Waals surface area contributed by atoms with Crippen LogP contribution in [0.3, 0.4) is 0 Å². The van der Waals surface area contributed by atoms with Crippen LogP contribution in [0.25, 0.3) is 0 Å². The number of carbonyl (C=O) groups excluding carboxylic acids is 1. The molecule has 0 spiro atoms. The Labute approximate surface area is 70.8 Å². The highest BCUT2D eigenvalue weighted by atomic mass is 16.1. The molecule has 1 saturated carbocycles. The van der Waals surface area contributed by atoms with Gasteiger partial charge in [0.25, 0.3) is 0 Å². The summed E-state index contributed by atoms with van der Waals surface area (Å²) in [5, 5.41) is 3.96. The average molecular weight is 164 g/mol. The summed E-state index contributed by atoms with van der Waals surface area (Å²) >= 11 is 0. The van der Waals surface area contributed by atoms with Gasteiger partial charge in [-0.05, 0) is 12.8 Å². The molecule has 1 heterocycles. The van der Waals surface area contributed by atoms with Crippen molar-refractivity contribution in [2.45, 2.75) is 18.9 Å². The van der Waals surface area contributed by atoms with Gasteiger partial charge in [-0.15, -0.1) is 0 Å². The Hall–Kier alpha value is -1.32. The SMILES string of the molecule is Cn1[c]c(N(C=O)C2CC2)cn1. The number of rotatable bonds is 3. The van der Waals surface area contributed by atoms with E-state index in [1.54, 1.807) is 22.8 Å². The predicted molar refractivity (Wildman–Crippen MR) is 43.6 cm³/mol. The van der Waals surface area contributed by atoms with Crippen LogP contribution in [-0.2, 0) is 11.8 Å². The molecule has 0 aliphatic heterocycles. The Morgan fingerprint density at radius 3 is 3.00 bits per heavy atom. The molecular formula is C8H10N3O. The van der Waals surface area contributed by atoms with Crippen LogP contribution in [0.5, 0.6) is 0 Å². The summed E-state index contributed by atoms with van der Waals surface area (Å²) in [6.07, 6.45) is 7.66. The molecule has 1 aliphatic rings. The quantitative estimate of drug-likeness (QED) is 0.604. The molecule has 0 aromatic carbocycles. The summed E-state index contributed by atoms with van der Waals surface area (Å²) in [5.41, 5.74) is 0.773. The maximum absolute atomic E-state index is 10.7. The predicted octanol–water partition coefficient (Wildman–Crippen LogP) is 0.345. The molecule has 63 valence electrons. The van der Waals surface area contributed by atoms with Crippen LogP contribution < -0.4 is 4.90 Å². The fourth-order valence-electron chi connectivity index (χ4n) is 1.18. The van der Waals surface area contributed by atoms with Crippen LogP contribution in [0.2, 0.25) is 0 Å². The third kappa shape index (κ3) is 1.20. The van der Waals surface area contributed by atoms with E-state index in [2.05, 4.69) is 11.3 Å². The molecule has 1 aromatic heterocycles. The molecule has 1 amide bonds. The monoisotopic (exact) mass is 164 g/mol. The van der Waals surface area contributed by atoms with Crippen LogP contribution in [0.15, 0.2) is 6.20 Å². The Kier molecular flexibility index (Phi) is 1.60. The standard InChI is InChI=1S/C8H10N3O/c1-10-5-8(4-9-10)11(6-12)7-2-3-7/h4,6-7H,2-3H2,1H3. The molecule has 2 rings (SSSR count). The van der Waals surface area contributed by atoms with Gasteiger partial charge in [0, 0.05) is 13.1 Å². The number of nitrogens with zero attached hydrogens (tertiary/aromatic N) is 3. The lowest BCUT2D eigenvalue weighted by Crippen LogP contribution is -2.22. The maximum Gasteiger partial charge on any atom is 0.214 e. The minimum atomic E-state index is 0.392. The zero-order chi connectivity index (χ0) is 8.55. The highest BCUT2D eigenvalue weighted by molar-refractivity contribution is 5.75. The first-order chi connectivity index (χ1) is 5.81. The molecule has 1 aromatic rings. The van der Waals surface area contributed by atoms with Gasteiger partial charge < -0.3 is 4.90 Å². The van der Waals surface area contributed by atoms with Crippen LogP contribution in [0.4, 0.5) is 5.69 Å². The zero-order valence-corrected chi connectivity index (χ0v) is 6.90. The van der Waals surface area contributed by atoms with E-state index in [0.717, 1.165) is 24.9 Å². The van der Waals surface area contributed by atoms with Gasteiger partial charge in [-0.3, -0.25) is 9.48 Å². The lowest BCUT2D eigenvalue weighted by molar-refractivity contribution is -0.107. The minimum absolute atomic E-state index is 0.392. The third-order valence-electron chi connectivity index (χ3n) is 1.96. The molecule has 0 saturated heterocycles. The molecular weight excluding hydrogens is 154 g/mol. The molecule has 12 heavy (non-hydrogen) atoms. The topological polar surface area (TPSA) is 38.1 Å². The van der Waals surface area contributed by atoms with Gasteiger partial charge in [-0.1, -0.05) is 0 Å². The Bertz CT molecular complexity index is 290. The number of hydrogen-bond acceptors (Lipinski definition) is 2. The van der Waals surface area contributed by atoms with Crippen LogP contribution in [0.1, 0.15) is 12.8 Å². The summed E-state index contributed by atoms with van der Waals surface area (Å²) < 4.78 is 1.58. The smallest absolute Gasteiger partial charge is 0.214 e. The van der Waals surface area contributed by atoms with Gasteiger partial charge in [0.1, 0.15) is 6.20 Å². The van der Waals surface area contributed by atoms with Crippen molar-refractivity contribution in [1.82, 2.24) is 9.78 Å². The lowest BCUT2D eigenvalue weighted by Gasteiger charge is -2.12. The van der Waals surface area contributed by atoms with Gasteiger partial charge in [0.2, 0.25) is 6.41 Å². The summed E-state index contributed by atoms with van der Waals surface area (Å²) in [6, 6.07) is 0.392. The molecule has 0 N–H and O–H groups in total. The number of hydrogen-bond donors (Lipinski definition) is 0. The first-order valence-corrected chi connectivity index (χ1v) is 3.96. The zero-order valence-electron chi connectivity index (χ0n) is 6.90. The van der Waals surface area contributed by atoms with E-state index in [1.807, 2.05) is 0 Å². The average Bonchev–Trinajstić information content (AvgIpc) is 2.78. The molecule has 0 atom stereocenters. The summed E-state index contributed by atoms with van der Waals surface area (Å²) in [7, 11) is 1.79. The van der Waals surface area contributed by atoms with Crippen molar-refractivity contribution >= 4 is 12.1 Å². The fraction of sp³-hybridized carbons (Fsp3) is 0.500. The van der Waals surface area contributed by atoms with E-state index in [9.17, 15) is 4.79 Å². The molecule has 1 fully saturated rings. The Balaban J connectivity index is 2.20. The number of aryl methyl sites for hydroxylation is 1. The van der Waals surface area contributed by atoms with E-state index >= 15 is 0 Å². The van der Waals surface area contributed by atoms with E-state index in [-0.39, 0.29) is 0 Å². The van der Waals surface area contributed by atoms with Crippen molar-refractivity contribution in [3.05, 3.63) is 12.4 Å². The highest BCUT2D eigenvalue weighted by Crippen LogP contribution is 2.29. The van der Waals surface area contributed by atoms with Crippen LogP contribution in [-0.4, -0.2) is 22.2 Å². The summed E-state index contributed by atoms with van der Waals surface area (Å²) in [6.45, 7) is 0. The number of carbonyl (C=O) groups is 1. The van der Waals surface area contributed by atoms with Crippen molar-refractivity contribution in [2.75, 3.05) is 4.90 Å². The second-order valence-corrected chi connectivity index (χ2v) is 3.01. The van der Waals surface area contributed by atoms with Gasteiger partial charge >= 0.3 is 0 Å². The lowest BCUT2D eigenvalue weighted by atomic mass is 10.4. The van der Waals surface area contributed by atoms with E-state index < -0.39 is 0 Å². The van der Waals surface area contributed by atoms with Crippen LogP contribution >= 0.6 is 0 Å². The second kappa shape index (κ2) is 2.62. The third-order valence-corrected chi connectivity index (χ3v) is 1.96. The molecule has 1 aliphatic carbocycles. The van der Waals surface area contributed by atoms with Gasteiger partial charge in [0.05, 0.1) is 11.9 Å². The molecule has 4 heteroatoms. The largest absolute Gasteiger partial charge is 0.308 e. The van der Waals surface area contributed by atoms with Gasteiger partial charge in [-0.2, -0.15) is 5.10 Å². The first-order valence-electron chi connectivity index (χ1n) is 3.96. The fourth-order valence-corrected chi connectivity index (χ4v) is 1.18. The number of amides is 1. The molecule has 4 nitrogen and oxygen atoms in total. The van der Waals surface area contributed by atoms with E-state index in [0.29, 0.717) is 6.04 Å². The molecule has 1 radical (unpaired) electrons. The second-order valence-electron chi connectivity index (χ2n) is 3.01. The van der Waals surface area contributed by atoms with Crippen molar-refractivity contribution in [2.24, 2.45) is 7.05 Å². The summed E-state index contributed by atoms with van der Waals surface area (Å²) in [5.74, 6) is 0. The van der Waals surface area contributed by atoms with Crippen molar-refractivity contribution in [3.8, 4) is 0 Å². The Morgan fingerprint density at radius 2 is 2.58 bits per heavy atom. The summed E-state index contributed by atoms with van der Waals surface area (Å²) in [4.78, 5) is 12.4. The van der Waals surface area contributed by atoms with Gasteiger partial charge in [-0.25, -0.2) is 0 Å². The number of anilines is 1. The van der Waals surface area contributed by atoms with Crippen molar-refractivity contribution in [3.63, 3.8) is 0 Å². The minimum Gasteiger partial charge on any atom is -0.308 e. The van der Waals surface area contributed by atoms with Gasteiger partial charge in [0.15, 0.2) is 0 Å². The molecule has 0 bridgehead atoms. The molecule has 0 unspecified atom stereocenters. The van der Waals surface area contributed by atoms with Crippen molar-refractivity contribution in [1.29, 1.82) is 0 Å². The van der Waals surface area contributed by atoms with E-state index in [4.69, 9.17) is 0 Å². The Morgan fingerprint density at radius 1 is 1.83 bits per heavy atom. The van der Waals surface area contributed by atoms with E-state index in [1.165, 1.54) is 0 Å². The van der Waals surface area contributed by atoms with Crippen molar-refractivity contribution < 1.29 is 4.79 Å².